The first-order chi connectivity index (χ1) is 18.0. The van der Waals surface area contributed by atoms with Gasteiger partial charge in [0.25, 0.3) is 0 Å². The summed E-state index contributed by atoms with van der Waals surface area (Å²) in [6.45, 7) is 4.40. The topological polar surface area (TPSA) is 75.0 Å². The monoisotopic (exact) mass is 508 g/mol. The van der Waals surface area contributed by atoms with Gasteiger partial charge in [-0.15, -0.1) is 0 Å². The number of imidazole rings is 1. The van der Waals surface area contributed by atoms with Gasteiger partial charge in [0, 0.05) is 50.9 Å². The molecule has 2 aliphatic rings. The number of aromatic nitrogens is 5. The Hall–Kier alpha value is -3.57. The highest BCUT2D eigenvalue weighted by atomic mass is 19.1. The first-order valence-corrected chi connectivity index (χ1v) is 12.4. The first kappa shape index (κ1) is 23.8. The molecule has 5 heterocycles. The molecule has 0 bridgehead atoms. The molecule has 11 heteroatoms. The van der Waals surface area contributed by atoms with E-state index in [0.717, 1.165) is 44.5 Å². The molecule has 1 atom stereocenters. The number of hydrogen-bond donors (Lipinski definition) is 1. The van der Waals surface area contributed by atoms with Crippen LogP contribution >= 0.6 is 0 Å². The van der Waals surface area contributed by atoms with Gasteiger partial charge in [0.05, 0.1) is 17.8 Å². The number of rotatable bonds is 6. The summed E-state index contributed by atoms with van der Waals surface area (Å²) in [7, 11) is 2.13. The molecule has 192 valence electrons. The summed E-state index contributed by atoms with van der Waals surface area (Å²) in [5, 5.41) is 3.00. The Kier molecular flexibility index (Phi) is 6.25. The second kappa shape index (κ2) is 9.71. The molecule has 37 heavy (non-hydrogen) atoms. The molecule has 0 saturated carbocycles. The zero-order valence-electron chi connectivity index (χ0n) is 20.5. The second-order valence-electron chi connectivity index (χ2n) is 9.72. The van der Waals surface area contributed by atoms with Crippen LogP contribution in [0.25, 0.3) is 22.3 Å². The summed E-state index contributed by atoms with van der Waals surface area (Å²) in [5.41, 5.74) is 1.87. The normalized spacial score (nSPS) is 18.4. The van der Waals surface area contributed by atoms with E-state index in [2.05, 4.69) is 42.1 Å². The number of aryl methyl sites for hydroxylation is 1. The van der Waals surface area contributed by atoms with Gasteiger partial charge in [0.2, 0.25) is 5.95 Å². The fraction of sp³-hybridized carbons (Fsp3) is 0.385. The molecule has 2 aliphatic heterocycles. The van der Waals surface area contributed by atoms with E-state index < -0.39 is 24.4 Å². The molecule has 0 unspecified atom stereocenters. The molecule has 0 spiro atoms. The summed E-state index contributed by atoms with van der Waals surface area (Å²) < 4.78 is 45.0. The van der Waals surface area contributed by atoms with Crippen molar-refractivity contribution in [2.75, 3.05) is 45.2 Å². The van der Waals surface area contributed by atoms with Gasteiger partial charge in [0.1, 0.15) is 29.5 Å². The Bertz CT molecular complexity index is 1430. The highest BCUT2D eigenvalue weighted by molar-refractivity contribution is 5.83. The molecule has 8 nitrogen and oxygen atoms in total. The van der Waals surface area contributed by atoms with Crippen LogP contribution in [-0.4, -0.2) is 74.2 Å². The smallest absolute Gasteiger partial charge is 0.229 e. The zero-order valence-corrected chi connectivity index (χ0v) is 20.5. The number of pyridine rings is 1. The van der Waals surface area contributed by atoms with Gasteiger partial charge in [0.15, 0.2) is 11.6 Å². The third-order valence-electron chi connectivity index (χ3n) is 7.15. The first-order valence-electron chi connectivity index (χ1n) is 12.4. The average Bonchev–Trinajstić information content (AvgIpc) is 3.48. The van der Waals surface area contributed by atoms with E-state index in [1.54, 1.807) is 16.8 Å². The van der Waals surface area contributed by atoms with Crippen molar-refractivity contribution in [2.24, 2.45) is 0 Å². The molecule has 1 aromatic carbocycles. The number of anilines is 2. The van der Waals surface area contributed by atoms with E-state index in [-0.39, 0.29) is 22.7 Å². The highest BCUT2D eigenvalue weighted by Crippen LogP contribution is 2.35. The number of benzene rings is 1. The van der Waals surface area contributed by atoms with Crippen LogP contribution in [-0.2, 0) is 13.0 Å². The van der Waals surface area contributed by atoms with E-state index in [0.29, 0.717) is 30.0 Å². The van der Waals surface area contributed by atoms with Crippen LogP contribution in [0.1, 0.15) is 23.9 Å². The molecule has 0 radical (unpaired) electrons. The van der Waals surface area contributed by atoms with Crippen LogP contribution in [0.3, 0.4) is 0 Å². The maximum atomic E-state index is 15.0. The molecular weight excluding hydrogens is 481 g/mol. The molecule has 1 N–H and O–H groups in total. The Morgan fingerprint density at radius 3 is 2.59 bits per heavy atom. The minimum absolute atomic E-state index is 0.0599. The molecule has 0 aliphatic carbocycles. The molecular formula is C26H27F3N8. The van der Waals surface area contributed by atoms with Crippen molar-refractivity contribution in [3.05, 3.63) is 59.7 Å². The highest BCUT2D eigenvalue weighted by Gasteiger charge is 2.27. The van der Waals surface area contributed by atoms with Crippen LogP contribution in [0.4, 0.5) is 24.9 Å². The Balaban J connectivity index is 1.24. The number of nitrogens with zero attached hydrogens (tertiary/aromatic N) is 7. The van der Waals surface area contributed by atoms with Gasteiger partial charge in [-0.05, 0) is 37.2 Å². The van der Waals surface area contributed by atoms with Crippen molar-refractivity contribution in [3.8, 4) is 11.3 Å². The van der Waals surface area contributed by atoms with E-state index in [9.17, 15) is 13.2 Å². The zero-order chi connectivity index (χ0) is 25.5. The van der Waals surface area contributed by atoms with Crippen LogP contribution < -0.4 is 5.32 Å². The SMILES string of the molecule is CN1CCN(Cc2ccc(Nc3ncc(F)c(-c4cc(F)c5nc6n(c5c4)[C@H](CF)CC6)n3)nc2)CC1. The second-order valence-corrected chi connectivity index (χ2v) is 9.72. The number of halogens is 3. The van der Waals surface area contributed by atoms with Gasteiger partial charge in [-0.25, -0.2) is 33.1 Å². The molecule has 0 amide bonds. The summed E-state index contributed by atoms with van der Waals surface area (Å²) in [4.78, 5) is 21.8. The van der Waals surface area contributed by atoms with Crippen LogP contribution in [0.15, 0.2) is 36.7 Å². The van der Waals surface area contributed by atoms with Gasteiger partial charge >= 0.3 is 0 Å². The fourth-order valence-electron chi connectivity index (χ4n) is 5.09. The molecule has 6 rings (SSSR count). The van der Waals surface area contributed by atoms with Gasteiger partial charge in [-0.2, -0.15) is 0 Å². The average molecular weight is 509 g/mol. The molecule has 3 aromatic heterocycles. The van der Waals surface area contributed by atoms with Crippen molar-refractivity contribution >= 4 is 22.8 Å². The molecule has 1 saturated heterocycles. The van der Waals surface area contributed by atoms with Crippen molar-refractivity contribution in [1.82, 2.24) is 34.3 Å². The van der Waals surface area contributed by atoms with Crippen LogP contribution in [0, 0.1) is 11.6 Å². The van der Waals surface area contributed by atoms with Gasteiger partial charge in [-0.1, -0.05) is 6.07 Å². The third kappa shape index (κ3) is 4.64. The van der Waals surface area contributed by atoms with Gasteiger partial charge < -0.3 is 14.8 Å². The van der Waals surface area contributed by atoms with Crippen LogP contribution in [0.5, 0.6) is 0 Å². The third-order valence-corrected chi connectivity index (χ3v) is 7.15. The summed E-state index contributed by atoms with van der Waals surface area (Å²) >= 11 is 0. The lowest BCUT2D eigenvalue weighted by Gasteiger charge is -2.32. The van der Waals surface area contributed by atoms with Crippen LogP contribution in [0.2, 0.25) is 0 Å². The van der Waals surface area contributed by atoms with E-state index in [4.69, 9.17) is 0 Å². The summed E-state index contributed by atoms with van der Waals surface area (Å²) in [6.07, 6.45) is 4.03. The number of likely N-dealkylation sites (N-methyl/N-ethyl adjacent to an activating group) is 1. The predicted molar refractivity (Wildman–Crippen MR) is 134 cm³/mol. The maximum Gasteiger partial charge on any atom is 0.229 e. The standard InChI is InChI=1S/C26H27F3N8/c1-35-6-8-36(9-7-35)15-16-2-4-22(30-13-16)32-26-31-14-20(29)24(34-26)17-10-19(28)25-21(11-17)37-18(12-27)3-5-23(37)33-25/h2,4,10-11,13-14,18H,3,5-9,12,15H2,1H3,(H,30,31,32,34)/t18-/m0/s1. The minimum Gasteiger partial charge on any atom is -0.322 e. The summed E-state index contributed by atoms with van der Waals surface area (Å²) in [6, 6.07) is 6.24. The minimum atomic E-state index is -0.692. The van der Waals surface area contributed by atoms with Crippen molar-refractivity contribution in [3.63, 3.8) is 0 Å². The number of alkyl halides is 1. The number of piperazine rings is 1. The Labute approximate surface area is 212 Å². The summed E-state index contributed by atoms with van der Waals surface area (Å²) in [5.74, 6) is -0.00133. The lowest BCUT2D eigenvalue weighted by Crippen LogP contribution is -2.43. The number of hydrogen-bond acceptors (Lipinski definition) is 7. The Morgan fingerprint density at radius 2 is 1.84 bits per heavy atom. The lowest BCUT2D eigenvalue weighted by atomic mass is 10.1. The van der Waals surface area contributed by atoms with Crippen molar-refractivity contribution in [2.45, 2.75) is 25.4 Å². The van der Waals surface area contributed by atoms with E-state index in [1.165, 1.54) is 6.07 Å². The number of fused-ring (bicyclic) bond motifs is 3. The van der Waals surface area contributed by atoms with Crippen molar-refractivity contribution in [1.29, 1.82) is 0 Å². The van der Waals surface area contributed by atoms with E-state index in [1.807, 2.05) is 12.1 Å². The number of nitrogens with one attached hydrogen (secondary N) is 1. The van der Waals surface area contributed by atoms with Crippen molar-refractivity contribution < 1.29 is 13.2 Å². The van der Waals surface area contributed by atoms with Gasteiger partial charge in [-0.3, -0.25) is 4.90 Å². The molecule has 1 fully saturated rings. The molecule has 4 aromatic rings. The Morgan fingerprint density at radius 1 is 1.00 bits per heavy atom. The lowest BCUT2D eigenvalue weighted by molar-refractivity contribution is 0.148. The predicted octanol–water partition coefficient (Wildman–Crippen LogP) is 4.11. The van der Waals surface area contributed by atoms with E-state index >= 15 is 0 Å². The fourth-order valence-corrected chi connectivity index (χ4v) is 5.09. The quantitative estimate of drug-likeness (QED) is 0.420. The largest absolute Gasteiger partial charge is 0.322 e. The maximum absolute atomic E-state index is 15.0.